The monoisotopic (exact) mass is 801 g/mol. The molecule has 0 heterocycles. The maximum atomic E-state index is 2.40. The maximum Gasteiger partial charge on any atom is 0.0473 e. The summed E-state index contributed by atoms with van der Waals surface area (Å²) in [6.07, 6.45) is 0. The molecule has 0 aliphatic carbocycles. The molecule has 0 saturated carbocycles. The Morgan fingerprint density at radius 2 is 0.556 bits per heavy atom. The van der Waals surface area contributed by atoms with Gasteiger partial charge in [-0.1, -0.05) is 212 Å². The third kappa shape index (κ3) is 7.37. The Balaban J connectivity index is 1.07. The summed E-state index contributed by atoms with van der Waals surface area (Å²) in [5.41, 5.74) is 17.6. The second-order valence-corrected chi connectivity index (χ2v) is 16.1. The molecule has 63 heavy (non-hydrogen) atoms. The molecule has 0 N–H and O–H groups in total. The van der Waals surface area contributed by atoms with Gasteiger partial charge in [-0.2, -0.15) is 0 Å². The van der Waals surface area contributed by atoms with Gasteiger partial charge in [0.15, 0.2) is 0 Å². The lowest BCUT2D eigenvalue weighted by molar-refractivity contribution is 1.28. The lowest BCUT2D eigenvalue weighted by Crippen LogP contribution is -2.10. The highest BCUT2D eigenvalue weighted by molar-refractivity contribution is 6.22. The lowest BCUT2D eigenvalue weighted by atomic mass is 9.84. The van der Waals surface area contributed by atoms with Crippen LogP contribution >= 0.6 is 0 Å². The summed E-state index contributed by atoms with van der Waals surface area (Å²) in [7, 11) is 0. The molecule has 0 aromatic heterocycles. The molecule has 0 aliphatic rings. The van der Waals surface area contributed by atoms with Crippen LogP contribution in [0.25, 0.3) is 88.3 Å². The molecule has 11 aromatic rings. The first kappa shape index (κ1) is 37.7. The molecule has 0 amide bonds. The molecule has 0 atom stereocenters. The number of anilines is 3. The van der Waals surface area contributed by atoms with Crippen LogP contribution in [-0.4, -0.2) is 0 Å². The van der Waals surface area contributed by atoms with E-state index in [1.807, 2.05) is 0 Å². The number of rotatable bonds is 9. The number of hydrogen-bond donors (Lipinski definition) is 0. The number of fused-ring (bicyclic) bond motifs is 3. The van der Waals surface area contributed by atoms with Gasteiger partial charge in [-0.05, 0) is 137 Å². The molecule has 11 aromatic carbocycles. The molecule has 1 nitrogen and oxygen atoms in total. The SMILES string of the molecule is c1ccc(-c2cccc(N(c3ccc(-c4ccc5c(-c6ccccc6)c(-c6ccccc6)c6ccccc6c5c4)cc3)c3cc(-c4ccccc4)cc(-c4ccccc4)c3)c2)cc1. The van der Waals surface area contributed by atoms with Gasteiger partial charge < -0.3 is 4.90 Å². The normalized spacial score (nSPS) is 11.2. The zero-order chi connectivity index (χ0) is 42.0. The average Bonchev–Trinajstić information content (AvgIpc) is 3.37. The van der Waals surface area contributed by atoms with E-state index >= 15 is 0 Å². The van der Waals surface area contributed by atoms with Crippen LogP contribution in [0.1, 0.15) is 0 Å². The highest BCUT2D eigenvalue weighted by Crippen LogP contribution is 2.46. The van der Waals surface area contributed by atoms with E-state index in [-0.39, 0.29) is 0 Å². The number of nitrogens with zero attached hydrogens (tertiary/aromatic N) is 1. The van der Waals surface area contributed by atoms with E-state index in [1.165, 1.54) is 88.3 Å². The quantitative estimate of drug-likeness (QED) is 0.131. The lowest BCUT2D eigenvalue weighted by Gasteiger charge is -2.27. The largest absolute Gasteiger partial charge is 0.310 e. The van der Waals surface area contributed by atoms with Crippen molar-refractivity contribution in [2.45, 2.75) is 0 Å². The summed E-state index contributed by atoms with van der Waals surface area (Å²) < 4.78 is 0. The average molecular weight is 802 g/mol. The van der Waals surface area contributed by atoms with Crippen molar-refractivity contribution in [1.82, 2.24) is 0 Å². The first-order valence-corrected chi connectivity index (χ1v) is 21.7. The van der Waals surface area contributed by atoms with Gasteiger partial charge in [0.25, 0.3) is 0 Å². The van der Waals surface area contributed by atoms with Gasteiger partial charge in [-0.25, -0.2) is 0 Å². The third-order valence-corrected chi connectivity index (χ3v) is 12.2. The van der Waals surface area contributed by atoms with Crippen LogP contribution in [-0.2, 0) is 0 Å². The summed E-state index contributed by atoms with van der Waals surface area (Å²) in [6.45, 7) is 0. The zero-order valence-electron chi connectivity index (χ0n) is 34.8. The van der Waals surface area contributed by atoms with Gasteiger partial charge in [0, 0.05) is 17.1 Å². The van der Waals surface area contributed by atoms with Gasteiger partial charge in [0.2, 0.25) is 0 Å². The topological polar surface area (TPSA) is 3.24 Å². The van der Waals surface area contributed by atoms with Gasteiger partial charge >= 0.3 is 0 Å². The van der Waals surface area contributed by atoms with Crippen LogP contribution in [0.2, 0.25) is 0 Å². The van der Waals surface area contributed by atoms with Crippen molar-refractivity contribution in [3.8, 4) is 66.8 Å². The van der Waals surface area contributed by atoms with E-state index < -0.39 is 0 Å². The summed E-state index contributed by atoms with van der Waals surface area (Å²) in [5, 5.41) is 5.00. The van der Waals surface area contributed by atoms with Gasteiger partial charge in [0.05, 0.1) is 0 Å². The van der Waals surface area contributed by atoms with Crippen molar-refractivity contribution in [2.24, 2.45) is 0 Å². The summed E-state index contributed by atoms with van der Waals surface area (Å²) in [6, 6.07) is 94.6. The molecule has 0 radical (unpaired) electrons. The Morgan fingerprint density at radius 3 is 1.10 bits per heavy atom. The summed E-state index contributed by atoms with van der Waals surface area (Å²) >= 11 is 0. The smallest absolute Gasteiger partial charge is 0.0473 e. The van der Waals surface area contributed by atoms with Gasteiger partial charge in [0.1, 0.15) is 0 Å². The third-order valence-electron chi connectivity index (χ3n) is 12.2. The van der Waals surface area contributed by atoms with E-state index in [1.54, 1.807) is 0 Å². The van der Waals surface area contributed by atoms with Crippen LogP contribution in [0.15, 0.2) is 261 Å². The molecule has 296 valence electrons. The predicted octanol–water partition coefficient (Wildman–Crippen LogP) is 17.5. The first-order chi connectivity index (χ1) is 31.2. The Hall–Kier alpha value is -8.26. The van der Waals surface area contributed by atoms with Crippen LogP contribution in [0.3, 0.4) is 0 Å². The predicted molar refractivity (Wildman–Crippen MR) is 269 cm³/mol. The fraction of sp³-hybridized carbons (Fsp3) is 0. The molecular formula is C62H43N. The molecule has 0 fully saturated rings. The minimum absolute atomic E-state index is 1.08. The van der Waals surface area contributed by atoms with E-state index in [0.717, 1.165) is 17.1 Å². The van der Waals surface area contributed by atoms with Crippen molar-refractivity contribution in [3.05, 3.63) is 261 Å². The van der Waals surface area contributed by atoms with Crippen LogP contribution < -0.4 is 4.90 Å². The van der Waals surface area contributed by atoms with Crippen molar-refractivity contribution < 1.29 is 0 Å². The first-order valence-electron chi connectivity index (χ1n) is 21.7. The van der Waals surface area contributed by atoms with Gasteiger partial charge in [-0.15, -0.1) is 0 Å². The van der Waals surface area contributed by atoms with E-state index in [4.69, 9.17) is 0 Å². The fourth-order valence-electron chi connectivity index (χ4n) is 9.22. The molecule has 0 unspecified atom stereocenters. The molecular weight excluding hydrogens is 759 g/mol. The van der Waals surface area contributed by atoms with Gasteiger partial charge in [-0.3, -0.25) is 0 Å². The second kappa shape index (κ2) is 16.7. The van der Waals surface area contributed by atoms with E-state index in [2.05, 4.69) is 266 Å². The highest BCUT2D eigenvalue weighted by Gasteiger charge is 2.20. The minimum atomic E-state index is 1.08. The molecule has 11 rings (SSSR count). The van der Waals surface area contributed by atoms with Crippen molar-refractivity contribution >= 4 is 38.6 Å². The highest BCUT2D eigenvalue weighted by atomic mass is 15.1. The number of benzene rings is 11. The van der Waals surface area contributed by atoms with Crippen molar-refractivity contribution in [1.29, 1.82) is 0 Å². The Morgan fingerprint density at radius 1 is 0.175 bits per heavy atom. The summed E-state index contributed by atoms with van der Waals surface area (Å²) in [4.78, 5) is 2.40. The van der Waals surface area contributed by atoms with Crippen LogP contribution in [0.5, 0.6) is 0 Å². The molecule has 1 heteroatoms. The van der Waals surface area contributed by atoms with Crippen LogP contribution in [0.4, 0.5) is 17.1 Å². The maximum absolute atomic E-state index is 2.40. The second-order valence-electron chi connectivity index (χ2n) is 16.1. The Labute approximate surface area is 369 Å². The zero-order valence-corrected chi connectivity index (χ0v) is 34.8. The molecule has 0 spiro atoms. The Bertz CT molecular complexity index is 3280. The summed E-state index contributed by atoms with van der Waals surface area (Å²) in [5.74, 6) is 0. The Kier molecular flexibility index (Phi) is 9.97. The fourth-order valence-corrected chi connectivity index (χ4v) is 9.22. The molecule has 0 aliphatic heterocycles. The van der Waals surface area contributed by atoms with E-state index in [9.17, 15) is 0 Å². The minimum Gasteiger partial charge on any atom is -0.310 e. The van der Waals surface area contributed by atoms with Crippen LogP contribution in [0, 0.1) is 0 Å². The van der Waals surface area contributed by atoms with E-state index in [0.29, 0.717) is 0 Å². The van der Waals surface area contributed by atoms with Crippen molar-refractivity contribution in [2.75, 3.05) is 4.90 Å². The molecule has 0 bridgehead atoms. The number of hydrogen-bond acceptors (Lipinski definition) is 1. The molecule has 0 saturated heterocycles. The standard InChI is InChI=1S/C62H43N/c1-6-19-44(20-7-1)50-29-18-30-55(40-50)63(56-41-52(45-21-8-2-9-22-45)39-53(42-56)46-23-10-3-11-24-46)54-36-33-47(34-37-54)51-35-38-59-60(43-51)57-31-16-17-32-58(57)61(48-25-12-4-13-26-48)62(59)49-27-14-5-15-28-49/h1-43H. The van der Waals surface area contributed by atoms with Crippen molar-refractivity contribution in [3.63, 3.8) is 0 Å².